The van der Waals surface area contributed by atoms with Crippen molar-refractivity contribution in [3.05, 3.63) is 0 Å². The highest BCUT2D eigenvalue weighted by Crippen LogP contribution is 2.29. The fourth-order valence-electron chi connectivity index (χ4n) is 3.45. The molecule has 20 heavy (non-hydrogen) atoms. The lowest BCUT2D eigenvalue weighted by molar-refractivity contribution is -0.135. The smallest absolute Gasteiger partial charge is 0.224 e. The molecule has 1 unspecified atom stereocenters. The van der Waals surface area contributed by atoms with Gasteiger partial charge in [-0.05, 0) is 25.7 Å². The molecule has 0 aromatic heterocycles. The highest BCUT2D eigenvalue weighted by Gasteiger charge is 2.33. The Morgan fingerprint density at radius 2 is 1.95 bits per heavy atom. The number of hydrogen-bond acceptors (Lipinski definition) is 3. The average Bonchev–Trinajstić information content (AvgIpc) is 2.38. The lowest BCUT2D eigenvalue weighted by atomic mass is 9.80. The van der Waals surface area contributed by atoms with Crippen molar-refractivity contribution in [2.24, 2.45) is 5.73 Å². The van der Waals surface area contributed by atoms with Crippen LogP contribution in [-0.2, 0) is 9.59 Å². The zero-order chi connectivity index (χ0) is 14.6. The van der Waals surface area contributed by atoms with Crippen LogP contribution in [0.5, 0.6) is 0 Å². The van der Waals surface area contributed by atoms with Crippen molar-refractivity contribution in [3.63, 3.8) is 0 Å². The van der Waals surface area contributed by atoms with Crippen molar-refractivity contribution in [1.29, 1.82) is 0 Å². The Bertz CT molecular complexity index is 364. The van der Waals surface area contributed by atoms with Crippen LogP contribution in [0.15, 0.2) is 0 Å². The van der Waals surface area contributed by atoms with Crippen molar-refractivity contribution in [2.45, 2.75) is 69.9 Å². The van der Waals surface area contributed by atoms with Gasteiger partial charge in [0.25, 0.3) is 0 Å². The van der Waals surface area contributed by atoms with Crippen molar-refractivity contribution < 1.29 is 9.59 Å². The second-order valence-electron chi connectivity index (χ2n) is 6.48. The first-order chi connectivity index (χ1) is 9.48. The van der Waals surface area contributed by atoms with Crippen LogP contribution in [0.1, 0.15) is 58.3 Å². The maximum Gasteiger partial charge on any atom is 0.224 e. The van der Waals surface area contributed by atoms with E-state index < -0.39 is 0 Å². The third-order valence-corrected chi connectivity index (χ3v) is 4.53. The fraction of sp³-hybridized carbons (Fsp3) is 0.867. The topological polar surface area (TPSA) is 75.4 Å². The van der Waals surface area contributed by atoms with Crippen LogP contribution in [0.3, 0.4) is 0 Å². The number of carbonyl (C=O) groups is 2. The molecular formula is C15H27N3O2. The summed E-state index contributed by atoms with van der Waals surface area (Å²) in [6, 6.07) is 0.102. The van der Waals surface area contributed by atoms with Crippen LogP contribution < -0.4 is 11.1 Å². The van der Waals surface area contributed by atoms with Gasteiger partial charge in [-0.3, -0.25) is 9.59 Å². The third-order valence-electron chi connectivity index (χ3n) is 4.53. The standard InChI is InChI=1S/C15H27N3O2/c1-12(19)17-13-6-5-9-18(11-13)14(20)10-15(16)7-3-2-4-8-15/h13H,2-11,16H2,1H3,(H,17,19). The van der Waals surface area contributed by atoms with Gasteiger partial charge in [-0.15, -0.1) is 0 Å². The number of amides is 2. The predicted octanol–water partition coefficient (Wildman–Crippen LogP) is 1.17. The van der Waals surface area contributed by atoms with Gasteiger partial charge in [-0.2, -0.15) is 0 Å². The minimum absolute atomic E-state index is 0.0214. The monoisotopic (exact) mass is 281 g/mol. The van der Waals surface area contributed by atoms with E-state index in [4.69, 9.17) is 5.73 Å². The van der Waals surface area contributed by atoms with E-state index in [9.17, 15) is 9.59 Å². The molecule has 2 amide bonds. The Morgan fingerprint density at radius 3 is 2.60 bits per heavy atom. The Balaban J connectivity index is 1.86. The maximum atomic E-state index is 12.4. The second kappa shape index (κ2) is 6.57. The van der Waals surface area contributed by atoms with Crippen LogP contribution in [0, 0.1) is 0 Å². The number of carbonyl (C=O) groups excluding carboxylic acids is 2. The van der Waals surface area contributed by atoms with Crippen molar-refractivity contribution in [2.75, 3.05) is 13.1 Å². The molecule has 1 aliphatic heterocycles. The molecular weight excluding hydrogens is 254 g/mol. The van der Waals surface area contributed by atoms with E-state index in [-0.39, 0.29) is 23.4 Å². The lowest BCUT2D eigenvalue weighted by Gasteiger charge is -2.37. The first-order valence-corrected chi connectivity index (χ1v) is 7.82. The van der Waals surface area contributed by atoms with E-state index in [0.717, 1.165) is 45.1 Å². The molecule has 0 aromatic rings. The molecule has 2 fully saturated rings. The number of nitrogens with one attached hydrogen (secondary N) is 1. The summed E-state index contributed by atoms with van der Waals surface area (Å²) in [5.41, 5.74) is 6.07. The molecule has 1 heterocycles. The summed E-state index contributed by atoms with van der Waals surface area (Å²) in [4.78, 5) is 25.4. The Hall–Kier alpha value is -1.10. The number of nitrogens with zero attached hydrogens (tertiary/aromatic N) is 1. The first-order valence-electron chi connectivity index (χ1n) is 7.82. The predicted molar refractivity (Wildman–Crippen MR) is 78.0 cm³/mol. The summed E-state index contributed by atoms with van der Waals surface area (Å²) >= 11 is 0. The minimum Gasteiger partial charge on any atom is -0.352 e. The highest BCUT2D eigenvalue weighted by molar-refractivity contribution is 5.78. The summed E-state index contributed by atoms with van der Waals surface area (Å²) in [5, 5.41) is 2.92. The Labute approximate surface area is 121 Å². The van der Waals surface area contributed by atoms with Crippen LogP contribution in [0.25, 0.3) is 0 Å². The maximum absolute atomic E-state index is 12.4. The van der Waals surface area contributed by atoms with E-state index in [0.29, 0.717) is 13.0 Å². The molecule has 114 valence electrons. The molecule has 1 aliphatic carbocycles. The molecule has 5 nitrogen and oxygen atoms in total. The quantitative estimate of drug-likeness (QED) is 0.815. The van der Waals surface area contributed by atoms with Gasteiger partial charge in [0.15, 0.2) is 0 Å². The van der Waals surface area contributed by atoms with Gasteiger partial charge in [0, 0.05) is 38.0 Å². The van der Waals surface area contributed by atoms with Crippen molar-refractivity contribution >= 4 is 11.8 Å². The molecule has 1 saturated carbocycles. The van der Waals surface area contributed by atoms with E-state index in [1.165, 1.54) is 13.3 Å². The fourth-order valence-corrected chi connectivity index (χ4v) is 3.45. The molecule has 5 heteroatoms. The Kier molecular flexibility index (Phi) is 5.02. The average molecular weight is 281 g/mol. The molecule has 0 spiro atoms. The van der Waals surface area contributed by atoms with Crippen LogP contribution in [0.4, 0.5) is 0 Å². The number of likely N-dealkylation sites (tertiary alicyclic amines) is 1. The van der Waals surface area contributed by atoms with Crippen molar-refractivity contribution in [3.8, 4) is 0 Å². The van der Waals surface area contributed by atoms with E-state index >= 15 is 0 Å². The van der Waals surface area contributed by atoms with Gasteiger partial charge in [0.05, 0.1) is 0 Å². The summed E-state index contributed by atoms with van der Waals surface area (Å²) in [6.45, 7) is 2.96. The zero-order valence-corrected chi connectivity index (χ0v) is 12.5. The van der Waals surface area contributed by atoms with E-state index in [1.54, 1.807) is 0 Å². The molecule has 0 radical (unpaired) electrons. The molecule has 1 saturated heterocycles. The zero-order valence-electron chi connectivity index (χ0n) is 12.5. The van der Waals surface area contributed by atoms with Crippen LogP contribution in [-0.4, -0.2) is 41.4 Å². The normalized spacial score (nSPS) is 26.1. The highest BCUT2D eigenvalue weighted by atomic mass is 16.2. The number of nitrogens with two attached hydrogens (primary N) is 1. The molecule has 2 aliphatic rings. The molecule has 0 aromatic carbocycles. The molecule has 1 atom stereocenters. The van der Waals surface area contributed by atoms with Crippen LogP contribution >= 0.6 is 0 Å². The first kappa shape index (κ1) is 15.3. The van der Waals surface area contributed by atoms with Gasteiger partial charge in [-0.1, -0.05) is 19.3 Å². The number of piperidine rings is 1. The number of hydrogen-bond donors (Lipinski definition) is 2. The molecule has 0 bridgehead atoms. The number of rotatable bonds is 3. The Morgan fingerprint density at radius 1 is 1.25 bits per heavy atom. The van der Waals surface area contributed by atoms with Crippen molar-refractivity contribution in [1.82, 2.24) is 10.2 Å². The van der Waals surface area contributed by atoms with Crippen LogP contribution in [0.2, 0.25) is 0 Å². The van der Waals surface area contributed by atoms with Gasteiger partial charge in [0.2, 0.25) is 11.8 Å². The summed E-state index contributed by atoms with van der Waals surface area (Å²) in [7, 11) is 0. The molecule has 2 rings (SSSR count). The van der Waals surface area contributed by atoms with E-state index in [2.05, 4.69) is 5.32 Å². The van der Waals surface area contributed by atoms with Gasteiger partial charge < -0.3 is 16.0 Å². The molecule has 3 N–H and O–H groups in total. The SMILES string of the molecule is CC(=O)NC1CCCN(C(=O)CC2(N)CCCCC2)C1. The summed E-state index contributed by atoms with van der Waals surface area (Å²) < 4.78 is 0. The summed E-state index contributed by atoms with van der Waals surface area (Å²) in [5.74, 6) is 0.135. The second-order valence-corrected chi connectivity index (χ2v) is 6.48. The van der Waals surface area contributed by atoms with Gasteiger partial charge in [0.1, 0.15) is 0 Å². The van der Waals surface area contributed by atoms with E-state index in [1.807, 2.05) is 4.90 Å². The summed E-state index contributed by atoms with van der Waals surface area (Å²) in [6.07, 6.45) is 7.80. The largest absolute Gasteiger partial charge is 0.352 e. The lowest BCUT2D eigenvalue weighted by Crippen LogP contribution is -2.52. The van der Waals surface area contributed by atoms with Gasteiger partial charge >= 0.3 is 0 Å². The minimum atomic E-state index is -0.295. The third kappa shape index (κ3) is 4.20. The van der Waals surface area contributed by atoms with Gasteiger partial charge in [-0.25, -0.2) is 0 Å².